The zero-order chi connectivity index (χ0) is 22.6. The first-order valence-electron chi connectivity index (χ1n) is 10.8. The molecule has 0 N–H and O–H groups in total. The monoisotopic (exact) mass is 443 g/mol. The predicted molar refractivity (Wildman–Crippen MR) is 115 cm³/mol. The number of carbonyl (C=O) groups excluding carboxylic acids is 2. The van der Waals surface area contributed by atoms with E-state index in [4.69, 9.17) is 18.6 Å². The van der Waals surface area contributed by atoms with Gasteiger partial charge in [-0.25, -0.2) is 4.98 Å². The zero-order valence-corrected chi connectivity index (χ0v) is 18.5. The minimum absolute atomic E-state index is 0.0393. The van der Waals surface area contributed by atoms with Crippen LogP contribution in [0.3, 0.4) is 0 Å². The van der Waals surface area contributed by atoms with E-state index >= 15 is 0 Å². The lowest BCUT2D eigenvalue weighted by Gasteiger charge is -2.40. The van der Waals surface area contributed by atoms with Gasteiger partial charge in [-0.05, 0) is 37.1 Å². The Morgan fingerprint density at radius 2 is 2.06 bits per heavy atom. The molecule has 2 aliphatic rings. The number of aromatic nitrogens is 1. The number of benzene rings is 1. The van der Waals surface area contributed by atoms with Gasteiger partial charge in [0.15, 0.2) is 17.8 Å². The highest BCUT2D eigenvalue weighted by molar-refractivity contribution is 5.98. The number of oxazole rings is 1. The summed E-state index contributed by atoms with van der Waals surface area (Å²) in [6, 6.07) is 7.26. The van der Waals surface area contributed by atoms with Crippen molar-refractivity contribution in [3.63, 3.8) is 0 Å². The van der Waals surface area contributed by atoms with Gasteiger partial charge in [0.25, 0.3) is 5.91 Å². The summed E-state index contributed by atoms with van der Waals surface area (Å²) >= 11 is 0. The number of hydrogen-bond donors (Lipinski definition) is 0. The molecule has 1 spiro atoms. The lowest BCUT2D eigenvalue weighted by Crippen LogP contribution is -2.57. The van der Waals surface area contributed by atoms with Crippen molar-refractivity contribution in [2.75, 3.05) is 53.7 Å². The van der Waals surface area contributed by atoms with Crippen LogP contribution in [0.2, 0.25) is 0 Å². The molecule has 2 fully saturated rings. The van der Waals surface area contributed by atoms with Gasteiger partial charge in [0.05, 0.1) is 19.3 Å². The van der Waals surface area contributed by atoms with Crippen LogP contribution in [-0.4, -0.2) is 85.8 Å². The highest BCUT2D eigenvalue weighted by Gasteiger charge is 2.47. The lowest BCUT2D eigenvalue weighted by atomic mass is 9.95. The van der Waals surface area contributed by atoms with E-state index in [9.17, 15) is 9.59 Å². The van der Waals surface area contributed by atoms with Crippen molar-refractivity contribution < 1.29 is 28.2 Å². The number of rotatable bonds is 7. The second-order valence-electron chi connectivity index (χ2n) is 8.15. The average Bonchev–Trinajstić information content (AvgIpc) is 3.46. The van der Waals surface area contributed by atoms with E-state index in [-0.39, 0.29) is 23.9 Å². The van der Waals surface area contributed by atoms with Crippen molar-refractivity contribution in [2.24, 2.45) is 0 Å². The molecule has 2 aliphatic heterocycles. The molecule has 4 rings (SSSR count). The van der Waals surface area contributed by atoms with E-state index < -0.39 is 5.54 Å². The number of hydrogen-bond acceptors (Lipinski definition) is 7. The average molecular weight is 444 g/mol. The number of amides is 2. The first-order chi connectivity index (χ1) is 15.6. The summed E-state index contributed by atoms with van der Waals surface area (Å²) in [6.07, 6.45) is 2.97. The van der Waals surface area contributed by atoms with Gasteiger partial charge < -0.3 is 28.4 Å². The molecule has 1 atom stereocenters. The Morgan fingerprint density at radius 1 is 1.25 bits per heavy atom. The summed E-state index contributed by atoms with van der Waals surface area (Å²) in [5.41, 5.74) is 0.447. The molecule has 3 heterocycles. The molecule has 32 heavy (non-hydrogen) atoms. The van der Waals surface area contributed by atoms with Gasteiger partial charge >= 0.3 is 0 Å². The van der Waals surface area contributed by atoms with Crippen LogP contribution in [0.5, 0.6) is 5.75 Å². The molecule has 0 saturated carbocycles. The van der Waals surface area contributed by atoms with E-state index in [1.165, 1.54) is 6.39 Å². The fraction of sp³-hybridized carbons (Fsp3) is 0.522. The molecule has 9 heteroatoms. The summed E-state index contributed by atoms with van der Waals surface area (Å²) in [6.45, 7) is 2.87. The van der Waals surface area contributed by atoms with Gasteiger partial charge in [-0.15, -0.1) is 0 Å². The number of ether oxygens (including phenoxy) is 3. The van der Waals surface area contributed by atoms with Crippen LogP contribution in [0.25, 0.3) is 11.3 Å². The third kappa shape index (κ3) is 4.35. The molecule has 2 aromatic rings. The van der Waals surface area contributed by atoms with Crippen LogP contribution in [0, 0.1) is 0 Å². The van der Waals surface area contributed by atoms with Gasteiger partial charge in [-0.2, -0.15) is 0 Å². The van der Waals surface area contributed by atoms with Crippen molar-refractivity contribution in [2.45, 2.75) is 24.8 Å². The lowest BCUT2D eigenvalue weighted by molar-refractivity contribution is -0.136. The van der Waals surface area contributed by atoms with Crippen molar-refractivity contribution in [3.8, 4) is 17.1 Å². The topological polar surface area (TPSA) is 94.3 Å². The number of nitrogens with zero attached hydrogens (tertiary/aromatic N) is 3. The Balaban J connectivity index is 1.58. The molecule has 1 aromatic carbocycles. The molecule has 1 aromatic heterocycles. The van der Waals surface area contributed by atoms with Crippen LogP contribution < -0.4 is 4.74 Å². The molecular formula is C23H29N3O6. The van der Waals surface area contributed by atoms with Gasteiger partial charge in [0.2, 0.25) is 5.91 Å². The molecule has 1 unspecified atom stereocenters. The van der Waals surface area contributed by atoms with Gasteiger partial charge in [-0.3, -0.25) is 9.59 Å². The van der Waals surface area contributed by atoms with Crippen molar-refractivity contribution >= 4 is 11.8 Å². The summed E-state index contributed by atoms with van der Waals surface area (Å²) in [5.74, 6) is 0.908. The van der Waals surface area contributed by atoms with Crippen molar-refractivity contribution in [3.05, 3.63) is 36.4 Å². The second-order valence-corrected chi connectivity index (χ2v) is 8.15. The van der Waals surface area contributed by atoms with Crippen LogP contribution in [-0.2, 0) is 14.3 Å². The largest absolute Gasteiger partial charge is 0.497 e. The van der Waals surface area contributed by atoms with E-state index in [1.807, 2.05) is 17.0 Å². The van der Waals surface area contributed by atoms with E-state index in [1.54, 1.807) is 31.3 Å². The maximum absolute atomic E-state index is 13.5. The molecule has 2 amide bonds. The minimum atomic E-state index is -0.527. The van der Waals surface area contributed by atoms with Crippen LogP contribution in [0.15, 0.2) is 35.1 Å². The van der Waals surface area contributed by atoms with E-state index in [0.717, 1.165) is 12.0 Å². The fourth-order valence-electron chi connectivity index (χ4n) is 4.48. The highest BCUT2D eigenvalue weighted by Crippen LogP contribution is 2.33. The van der Waals surface area contributed by atoms with E-state index in [2.05, 4.69) is 4.98 Å². The summed E-state index contributed by atoms with van der Waals surface area (Å²) in [7, 11) is 3.25. The molecule has 0 bridgehead atoms. The fourth-order valence-corrected chi connectivity index (χ4v) is 4.48. The first-order valence-corrected chi connectivity index (χ1v) is 10.8. The third-order valence-electron chi connectivity index (χ3n) is 6.18. The zero-order valence-electron chi connectivity index (χ0n) is 18.5. The molecule has 0 radical (unpaired) electrons. The third-order valence-corrected chi connectivity index (χ3v) is 6.18. The molecule has 0 aliphatic carbocycles. The Hall–Kier alpha value is -2.91. The maximum atomic E-state index is 13.5. The first kappa shape index (κ1) is 22.3. The van der Waals surface area contributed by atoms with Crippen LogP contribution in [0.1, 0.15) is 29.8 Å². The number of carbonyl (C=O) groups is 2. The van der Waals surface area contributed by atoms with Crippen molar-refractivity contribution in [1.29, 1.82) is 0 Å². The van der Waals surface area contributed by atoms with Crippen LogP contribution >= 0.6 is 0 Å². The van der Waals surface area contributed by atoms with E-state index in [0.29, 0.717) is 57.4 Å². The smallest absolute Gasteiger partial charge is 0.276 e. The SMILES string of the molecule is COCCCN1C(=O)CCN(C(=O)c2ncoc2-c2ccc(OC)cc2)CC12CCOC2. The summed E-state index contributed by atoms with van der Waals surface area (Å²) in [4.78, 5) is 34.4. The van der Waals surface area contributed by atoms with Crippen molar-refractivity contribution in [1.82, 2.24) is 14.8 Å². The Morgan fingerprint density at radius 3 is 2.75 bits per heavy atom. The molecule has 9 nitrogen and oxygen atoms in total. The van der Waals surface area contributed by atoms with Gasteiger partial charge in [0.1, 0.15) is 5.75 Å². The second kappa shape index (κ2) is 9.70. The van der Waals surface area contributed by atoms with Gasteiger partial charge in [0, 0.05) is 51.9 Å². The van der Waals surface area contributed by atoms with Crippen LogP contribution in [0.4, 0.5) is 0 Å². The Labute approximate surface area is 187 Å². The predicted octanol–water partition coefficient (Wildman–Crippen LogP) is 2.22. The molecule has 2 saturated heterocycles. The standard InChI is InChI=1S/C23H29N3O6/c1-29-12-3-10-26-19(27)8-11-25(14-23(26)9-13-31-15-23)22(28)20-21(32-16-24-20)17-4-6-18(30-2)7-5-17/h4-7,16H,3,8-15H2,1-2H3. The minimum Gasteiger partial charge on any atom is -0.497 e. The highest BCUT2D eigenvalue weighted by atomic mass is 16.5. The van der Waals surface area contributed by atoms with Gasteiger partial charge in [-0.1, -0.05) is 0 Å². The summed E-state index contributed by atoms with van der Waals surface area (Å²) < 4.78 is 21.7. The molecule has 172 valence electrons. The Bertz CT molecular complexity index is 935. The normalized spacial score (nSPS) is 21.2. The quantitative estimate of drug-likeness (QED) is 0.606. The summed E-state index contributed by atoms with van der Waals surface area (Å²) in [5, 5.41) is 0. The molecular weight excluding hydrogens is 414 g/mol. The number of methoxy groups -OCH3 is 2. The maximum Gasteiger partial charge on any atom is 0.276 e. The Kier molecular flexibility index (Phi) is 6.76.